The van der Waals surface area contributed by atoms with E-state index in [4.69, 9.17) is 9.47 Å². The zero-order chi connectivity index (χ0) is 21.5. The third-order valence-corrected chi connectivity index (χ3v) is 5.03. The van der Waals surface area contributed by atoms with Crippen LogP contribution in [-0.2, 0) is 9.59 Å². The van der Waals surface area contributed by atoms with Gasteiger partial charge in [-0.2, -0.15) is 0 Å². The Morgan fingerprint density at radius 1 is 1.20 bits per heavy atom. The van der Waals surface area contributed by atoms with E-state index >= 15 is 0 Å². The first kappa shape index (κ1) is 21.4. The molecule has 1 aliphatic heterocycles. The van der Waals surface area contributed by atoms with Gasteiger partial charge in [-0.25, -0.2) is 9.79 Å². The van der Waals surface area contributed by atoms with Crippen LogP contribution in [0.2, 0.25) is 0 Å². The lowest BCUT2D eigenvalue weighted by molar-refractivity contribution is -0.145. The number of carbonyl (C=O) groups excluding carboxylic acids is 1. The first-order valence-corrected chi connectivity index (χ1v) is 10.3. The van der Waals surface area contributed by atoms with Crippen LogP contribution in [0.25, 0.3) is 6.08 Å². The van der Waals surface area contributed by atoms with Crippen molar-refractivity contribution in [3.8, 4) is 11.5 Å². The number of rotatable bonds is 8. The molecule has 0 spiro atoms. The Morgan fingerprint density at radius 3 is 2.63 bits per heavy atom. The van der Waals surface area contributed by atoms with Crippen molar-refractivity contribution in [3.63, 3.8) is 0 Å². The number of hydrogen-bond donors (Lipinski definition) is 2. The quantitative estimate of drug-likeness (QED) is 0.614. The lowest BCUT2D eigenvalue weighted by atomic mass is 10.1. The summed E-state index contributed by atoms with van der Waals surface area (Å²) < 4.78 is 11.2. The topological polar surface area (TPSA) is 97.2 Å². The molecular weight excluding hydrogens is 404 g/mol. The summed E-state index contributed by atoms with van der Waals surface area (Å²) in [6.45, 7) is 3.96. The minimum absolute atomic E-state index is 0.232. The number of aliphatic imine (C=N–C) groups is 1. The van der Waals surface area contributed by atoms with Gasteiger partial charge in [0, 0.05) is 0 Å². The number of amidine groups is 1. The standard InChI is InChI=1S/C22H22N2O5S/c1-3-16(21(26)27)29-17-11-10-14(12-18(17)28-4-2)13-19-20(25)24-22(30-19)23-15-8-6-5-7-9-15/h5-13,16H,3-4H2,1-2H3,(H,26,27)(H,23,24,25)/b19-13+. The third kappa shape index (κ3) is 5.42. The van der Waals surface area contributed by atoms with Crippen LogP contribution in [0.3, 0.4) is 0 Å². The van der Waals surface area contributed by atoms with E-state index in [1.54, 1.807) is 31.2 Å². The molecule has 2 aromatic rings. The number of amides is 1. The molecule has 1 saturated heterocycles. The molecule has 2 aromatic carbocycles. The normalized spacial score (nSPS) is 17.1. The Balaban J connectivity index is 1.82. The number of carboxylic acids is 1. The van der Waals surface area contributed by atoms with Crippen molar-refractivity contribution < 1.29 is 24.2 Å². The monoisotopic (exact) mass is 426 g/mol. The van der Waals surface area contributed by atoms with Crippen molar-refractivity contribution in [2.24, 2.45) is 4.99 Å². The number of para-hydroxylation sites is 1. The lowest BCUT2D eigenvalue weighted by Gasteiger charge is -2.16. The van der Waals surface area contributed by atoms with Gasteiger partial charge in [-0.05, 0) is 61.0 Å². The number of hydrogen-bond acceptors (Lipinski definition) is 6. The SMILES string of the molecule is CCOc1cc(/C=C2/SC(=Nc3ccccc3)NC2=O)ccc1OC(CC)C(=O)O. The van der Waals surface area contributed by atoms with E-state index in [1.165, 1.54) is 11.8 Å². The minimum Gasteiger partial charge on any atom is -0.490 e. The Morgan fingerprint density at radius 2 is 1.97 bits per heavy atom. The molecule has 8 heteroatoms. The zero-order valence-corrected chi connectivity index (χ0v) is 17.4. The maximum Gasteiger partial charge on any atom is 0.344 e. The fourth-order valence-corrected chi connectivity index (χ4v) is 3.54. The highest BCUT2D eigenvalue weighted by molar-refractivity contribution is 8.18. The number of nitrogens with one attached hydrogen (secondary N) is 1. The second kappa shape index (κ2) is 9.98. The highest BCUT2D eigenvalue weighted by atomic mass is 32.2. The smallest absolute Gasteiger partial charge is 0.344 e. The number of thioether (sulfide) groups is 1. The molecule has 2 N–H and O–H groups in total. The van der Waals surface area contributed by atoms with Gasteiger partial charge in [0.2, 0.25) is 0 Å². The van der Waals surface area contributed by atoms with E-state index in [0.29, 0.717) is 34.6 Å². The number of aliphatic carboxylic acids is 1. The Bertz CT molecular complexity index is 988. The predicted molar refractivity (Wildman–Crippen MR) is 117 cm³/mol. The average Bonchev–Trinajstić information content (AvgIpc) is 3.06. The number of carboxylic acid groups (broad SMARTS) is 1. The molecule has 0 aliphatic carbocycles. The summed E-state index contributed by atoms with van der Waals surface area (Å²) >= 11 is 1.25. The van der Waals surface area contributed by atoms with Crippen LogP contribution in [-0.4, -0.2) is 34.9 Å². The van der Waals surface area contributed by atoms with Gasteiger partial charge < -0.3 is 19.9 Å². The Kier molecular flexibility index (Phi) is 7.13. The summed E-state index contributed by atoms with van der Waals surface area (Å²) in [5.74, 6) is -0.489. The lowest BCUT2D eigenvalue weighted by Crippen LogP contribution is -2.26. The maximum atomic E-state index is 12.3. The number of benzene rings is 2. The Hall–Kier alpha value is -3.26. The van der Waals surface area contributed by atoms with Crippen LogP contribution >= 0.6 is 11.8 Å². The summed E-state index contributed by atoms with van der Waals surface area (Å²) in [4.78, 5) is 28.5. The number of ether oxygens (including phenoxy) is 2. The van der Waals surface area contributed by atoms with E-state index in [2.05, 4.69) is 10.3 Å². The van der Waals surface area contributed by atoms with Gasteiger partial charge >= 0.3 is 5.97 Å². The molecule has 0 saturated carbocycles. The molecule has 3 rings (SSSR count). The molecule has 1 aliphatic rings. The van der Waals surface area contributed by atoms with Gasteiger partial charge in [0.15, 0.2) is 22.8 Å². The van der Waals surface area contributed by atoms with Crippen molar-refractivity contribution in [1.29, 1.82) is 0 Å². The van der Waals surface area contributed by atoms with Crippen molar-refractivity contribution in [2.75, 3.05) is 6.61 Å². The average molecular weight is 426 g/mol. The summed E-state index contributed by atoms with van der Waals surface area (Å²) in [7, 11) is 0. The van der Waals surface area contributed by atoms with Crippen LogP contribution in [0.4, 0.5) is 5.69 Å². The Labute approximate surface area is 178 Å². The third-order valence-electron chi connectivity index (χ3n) is 4.12. The van der Waals surface area contributed by atoms with E-state index in [-0.39, 0.29) is 5.91 Å². The minimum atomic E-state index is -1.03. The molecule has 1 unspecified atom stereocenters. The number of carbonyl (C=O) groups is 2. The summed E-state index contributed by atoms with van der Waals surface area (Å²) in [6.07, 6.45) is 1.10. The van der Waals surface area contributed by atoms with Gasteiger partial charge in [0.05, 0.1) is 17.2 Å². The van der Waals surface area contributed by atoms with Crippen LogP contribution in [0.5, 0.6) is 11.5 Å². The summed E-state index contributed by atoms with van der Waals surface area (Å²) in [5, 5.41) is 12.5. The van der Waals surface area contributed by atoms with Gasteiger partial charge in [-0.15, -0.1) is 0 Å². The van der Waals surface area contributed by atoms with Crippen LogP contribution in [0, 0.1) is 0 Å². The van der Waals surface area contributed by atoms with Gasteiger partial charge in [-0.1, -0.05) is 31.2 Å². The van der Waals surface area contributed by atoms with Crippen LogP contribution < -0.4 is 14.8 Å². The van der Waals surface area contributed by atoms with Crippen LogP contribution in [0.15, 0.2) is 58.4 Å². The molecular formula is C22H22N2O5S. The van der Waals surface area contributed by atoms with Gasteiger partial charge in [0.25, 0.3) is 5.91 Å². The highest BCUT2D eigenvalue weighted by Gasteiger charge is 2.24. The second-order valence-electron chi connectivity index (χ2n) is 6.31. The molecule has 30 heavy (non-hydrogen) atoms. The first-order valence-electron chi connectivity index (χ1n) is 9.51. The molecule has 156 valence electrons. The highest BCUT2D eigenvalue weighted by Crippen LogP contribution is 2.33. The molecule has 1 fully saturated rings. The van der Waals surface area contributed by atoms with Crippen molar-refractivity contribution in [1.82, 2.24) is 5.32 Å². The van der Waals surface area contributed by atoms with E-state index in [0.717, 1.165) is 11.3 Å². The molecule has 0 aromatic heterocycles. The van der Waals surface area contributed by atoms with E-state index < -0.39 is 12.1 Å². The van der Waals surface area contributed by atoms with E-state index in [9.17, 15) is 14.7 Å². The summed E-state index contributed by atoms with van der Waals surface area (Å²) in [6, 6.07) is 14.5. The van der Waals surface area contributed by atoms with Crippen molar-refractivity contribution >= 4 is 40.6 Å². The molecule has 7 nitrogen and oxygen atoms in total. The molecule has 1 heterocycles. The molecule has 1 amide bonds. The van der Waals surface area contributed by atoms with E-state index in [1.807, 2.05) is 37.3 Å². The first-order chi connectivity index (χ1) is 14.5. The molecule has 1 atom stereocenters. The fourth-order valence-electron chi connectivity index (χ4n) is 2.69. The molecule has 0 bridgehead atoms. The van der Waals surface area contributed by atoms with Crippen LogP contribution in [0.1, 0.15) is 25.8 Å². The summed E-state index contributed by atoms with van der Waals surface area (Å²) in [5.41, 5.74) is 1.48. The predicted octanol–water partition coefficient (Wildman–Crippen LogP) is 4.22. The van der Waals surface area contributed by atoms with Gasteiger partial charge in [-0.3, -0.25) is 4.79 Å². The van der Waals surface area contributed by atoms with Crippen molar-refractivity contribution in [2.45, 2.75) is 26.4 Å². The molecule has 0 radical (unpaired) electrons. The van der Waals surface area contributed by atoms with Crippen molar-refractivity contribution in [3.05, 3.63) is 59.0 Å². The zero-order valence-electron chi connectivity index (χ0n) is 16.6. The number of nitrogens with zero attached hydrogens (tertiary/aromatic N) is 1. The maximum absolute atomic E-state index is 12.3. The van der Waals surface area contributed by atoms with Gasteiger partial charge in [0.1, 0.15) is 0 Å². The second-order valence-corrected chi connectivity index (χ2v) is 7.34. The largest absolute Gasteiger partial charge is 0.490 e. The fraction of sp³-hybridized carbons (Fsp3) is 0.227.